The first-order valence-corrected chi connectivity index (χ1v) is 9.23. The molecule has 0 heterocycles. The third-order valence-electron chi connectivity index (χ3n) is 4.16. The number of carbonyl (C=O) groups excluding carboxylic acids is 1. The molecule has 0 fully saturated rings. The molecule has 0 N–H and O–H groups in total. The van der Waals surface area contributed by atoms with Gasteiger partial charge in [-0.15, -0.1) is 0 Å². The number of carbonyl (C=O) groups is 1. The van der Waals surface area contributed by atoms with E-state index in [1.54, 1.807) is 0 Å². The van der Waals surface area contributed by atoms with E-state index in [-0.39, 0.29) is 5.78 Å². The predicted molar refractivity (Wildman–Crippen MR) is 110 cm³/mol. The molecule has 0 aliphatic rings. The summed E-state index contributed by atoms with van der Waals surface area (Å²) in [4.78, 5) is 21.2. The Morgan fingerprint density at radius 2 is 1.08 bits per heavy atom. The van der Waals surface area contributed by atoms with E-state index >= 15 is 0 Å². The number of ketones is 1. The Hall–Kier alpha value is -2.55. The molecule has 0 aliphatic heterocycles. The lowest BCUT2D eigenvalue weighted by Gasteiger charge is -2.03. The van der Waals surface area contributed by atoms with Gasteiger partial charge in [-0.2, -0.15) is 0 Å². The lowest BCUT2D eigenvalue weighted by molar-refractivity contribution is -0.116. The highest BCUT2D eigenvalue weighted by molar-refractivity contribution is 6.08. The highest BCUT2D eigenvalue weighted by Gasteiger charge is 2.06. The summed E-state index contributed by atoms with van der Waals surface area (Å²) in [6.45, 7) is 5.33. The first kappa shape index (κ1) is 19.8. The van der Waals surface area contributed by atoms with Crippen LogP contribution in [0.3, 0.4) is 0 Å². The summed E-state index contributed by atoms with van der Waals surface area (Å²) in [6.07, 6.45) is 2.65. The molecule has 0 amide bonds. The Morgan fingerprint density at radius 1 is 0.692 bits per heavy atom. The van der Waals surface area contributed by atoms with Crippen LogP contribution in [0.15, 0.2) is 70.6 Å². The van der Waals surface area contributed by atoms with Gasteiger partial charge < -0.3 is 0 Å². The molecule has 2 aromatic rings. The van der Waals surface area contributed by atoms with Gasteiger partial charge in [0.05, 0.1) is 0 Å². The van der Waals surface area contributed by atoms with Crippen LogP contribution in [0.25, 0.3) is 0 Å². The van der Waals surface area contributed by atoms with Crippen molar-refractivity contribution in [2.45, 2.75) is 39.5 Å². The standard InChI is InChI=1S/C23H28N2O/c1-19(24-15-13-21-9-5-3-6-10-21)17-23(26)18-20(2)25-16-14-22-11-7-4-8-12-22/h3-12H,13-18H2,1-2H3. The summed E-state index contributed by atoms with van der Waals surface area (Å²) < 4.78 is 0. The SMILES string of the molecule is CC(CC(=O)CC(C)=NCCc1ccccc1)=NCCc1ccccc1. The highest BCUT2D eigenvalue weighted by atomic mass is 16.1. The molecule has 3 heteroatoms. The lowest BCUT2D eigenvalue weighted by atomic mass is 10.1. The zero-order valence-corrected chi connectivity index (χ0v) is 15.8. The third kappa shape index (κ3) is 8.02. The van der Waals surface area contributed by atoms with E-state index in [2.05, 4.69) is 34.3 Å². The topological polar surface area (TPSA) is 41.8 Å². The van der Waals surface area contributed by atoms with Gasteiger partial charge in [0.2, 0.25) is 0 Å². The second-order valence-electron chi connectivity index (χ2n) is 6.60. The molecular formula is C23H28N2O. The van der Waals surface area contributed by atoms with Crippen LogP contribution in [-0.4, -0.2) is 30.3 Å². The maximum Gasteiger partial charge on any atom is 0.144 e. The van der Waals surface area contributed by atoms with Gasteiger partial charge in [0.25, 0.3) is 0 Å². The van der Waals surface area contributed by atoms with Crippen molar-refractivity contribution in [3.05, 3.63) is 71.8 Å². The summed E-state index contributed by atoms with van der Waals surface area (Å²) in [7, 11) is 0. The summed E-state index contributed by atoms with van der Waals surface area (Å²) in [5.74, 6) is 0.187. The van der Waals surface area contributed by atoms with Crippen LogP contribution in [0.1, 0.15) is 37.8 Å². The first-order chi connectivity index (χ1) is 12.6. The lowest BCUT2D eigenvalue weighted by Crippen LogP contribution is -2.10. The van der Waals surface area contributed by atoms with Crippen LogP contribution < -0.4 is 0 Å². The predicted octanol–water partition coefficient (Wildman–Crippen LogP) is 4.74. The van der Waals surface area contributed by atoms with Crippen LogP contribution in [0.5, 0.6) is 0 Å². The first-order valence-electron chi connectivity index (χ1n) is 9.23. The largest absolute Gasteiger partial charge is 0.299 e. The number of aliphatic imine (C=N–C) groups is 2. The number of benzene rings is 2. The van der Waals surface area contributed by atoms with Crippen molar-refractivity contribution in [3.8, 4) is 0 Å². The molecule has 26 heavy (non-hydrogen) atoms. The maximum atomic E-state index is 12.2. The molecule has 0 spiro atoms. The van der Waals surface area contributed by atoms with Crippen LogP contribution in [0.4, 0.5) is 0 Å². The van der Waals surface area contributed by atoms with Crippen molar-refractivity contribution in [2.75, 3.05) is 13.1 Å². The van der Waals surface area contributed by atoms with E-state index in [0.29, 0.717) is 12.8 Å². The van der Waals surface area contributed by atoms with Crippen LogP contribution in [0.2, 0.25) is 0 Å². The smallest absolute Gasteiger partial charge is 0.144 e. The number of hydrogen-bond acceptors (Lipinski definition) is 3. The molecular weight excluding hydrogens is 320 g/mol. The summed E-state index contributed by atoms with van der Waals surface area (Å²) in [6, 6.07) is 20.6. The molecule has 0 bridgehead atoms. The zero-order valence-electron chi connectivity index (χ0n) is 15.8. The van der Waals surface area contributed by atoms with Crippen molar-refractivity contribution in [1.29, 1.82) is 0 Å². The summed E-state index contributed by atoms with van der Waals surface area (Å²) in [5, 5.41) is 0. The van der Waals surface area contributed by atoms with E-state index < -0.39 is 0 Å². The number of hydrogen-bond donors (Lipinski definition) is 0. The molecule has 0 radical (unpaired) electrons. The fourth-order valence-corrected chi connectivity index (χ4v) is 2.79. The van der Waals surface area contributed by atoms with Crippen molar-refractivity contribution in [2.24, 2.45) is 9.98 Å². The number of Topliss-reactive ketones (excluding diaryl/α,β-unsaturated/α-hetero) is 1. The van der Waals surface area contributed by atoms with Crippen molar-refractivity contribution >= 4 is 17.2 Å². The minimum Gasteiger partial charge on any atom is -0.299 e. The molecule has 2 rings (SSSR count). The second kappa shape index (κ2) is 11.1. The van der Waals surface area contributed by atoms with Gasteiger partial charge in [-0.1, -0.05) is 60.7 Å². The third-order valence-corrected chi connectivity index (χ3v) is 4.16. The molecule has 0 aromatic heterocycles. The monoisotopic (exact) mass is 348 g/mol. The van der Waals surface area contributed by atoms with E-state index in [4.69, 9.17) is 0 Å². The van der Waals surface area contributed by atoms with Crippen molar-refractivity contribution in [3.63, 3.8) is 0 Å². The Morgan fingerprint density at radius 3 is 1.46 bits per heavy atom. The molecule has 0 unspecified atom stereocenters. The van der Waals surface area contributed by atoms with Gasteiger partial charge in [-0.3, -0.25) is 14.8 Å². The van der Waals surface area contributed by atoms with Crippen LogP contribution >= 0.6 is 0 Å². The van der Waals surface area contributed by atoms with E-state index in [0.717, 1.165) is 37.4 Å². The number of nitrogens with zero attached hydrogens (tertiary/aromatic N) is 2. The van der Waals surface area contributed by atoms with Gasteiger partial charge in [0, 0.05) is 37.4 Å². The van der Waals surface area contributed by atoms with Crippen LogP contribution in [0, 0.1) is 0 Å². The van der Waals surface area contributed by atoms with E-state index in [9.17, 15) is 4.79 Å². The highest BCUT2D eigenvalue weighted by Crippen LogP contribution is 2.03. The molecule has 3 nitrogen and oxygen atoms in total. The van der Waals surface area contributed by atoms with Crippen molar-refractivity contribution < 1.29 is 4.79 Å². The second-order valence-corrected chi connectivity index (χ2v) is 6.60. The average Bonchev–Trinajstić information content (AvgIpc) is 2.63. The van der Waals surface area contributed by atoms with Gasteiger partial charge in [0.15, 0.2) is 0 Å². The quantitative estimate of drug-likeness (QED) is 0.572. The van der Waals surface area contributed by atoms with Gasteiger partial charge in [0.1, 0.15) is 5.78 Å². The van der Waals surface area contributed by atoms with Crippen molar-refractivity contribution in [1.82, 2.24) is 0 Å². The van der Waals surface area contributed by atoms with E-state index in [1.807, 2.05) is 50.2 Å². The normalized spacial score (nSPS) is 12.2. The summed E-state index contributed by atoms with van der Waals surface area (Å²) >= 11 is 0. The fraction of sp³-hybridized carbons (Fsp3) is 0.348. The minimum absolute atomic E-state index is 0.187. The van der Waals surface area contributed by atoms with E-state index in [1.165, 1.54) is 11.1 Å². The Labute approximate surface area is 156 Å². The van der Waals surface area contributed by atoms with Gasteiger partial charge >= 0.3 is 0 Å². The fourth-order valence-electron chi connectivity index (χ4n) is 2.79. The average molecular weight is 348 g/mol. The van der Waals surface area contributed by atoms with Gasteiger partial charge in [-0.25, -0.2) is 0 Å². The number of rotatable bonds is 10. The Bertz CT molecular complexity index is 670. The minimum atomic E-state index is 0.187. The zero-order chi connectivity index (χ0) is 18.6. The molecule has 0 saturated carbocycles. The molecule has 136 valence electrons. The molecule has 2 aromatic carbocycles. The Balaban J connectivity index is 1.69. The van der Waals surface area contributed by atoms with Gasteiger partial charge in [-0.05, 0) is 37.8 Å². The molecule has 0 aliphatic carbocycles. The summed E-state index contributed by atoms with van der Waals surface area (Å²) in [5.41, 5.74) is 4.36. The Kier molecular flexibility index (Phi) is 8.47. The molecule has 0 atom stereocenters. The maximum absolute atomic E-state index is 12.2. The van der Waals surface area contributed by atoms with Crippen LogP contribution in [-0.2, 0) is 17.6 Å². The molecule has 0 saturated heterocycles.